The van der Waals surface area contributed by atoms with Gasteiger partial charge in [-0.1, -0.05) is 13.8 Å². The fourth-order valence-corrected chi connectivity index (χ4v) is 1.81. The monoisotopic (exact) mass is 308 g/mol. The van der Waals surface area contributed by atoms with Gasteiger partial charge in [-0.05, 0) is 35.4 Å². The molecule has 0 saturated heterocycles. The summed E-state index contributed by atoms with van der Waals surface area (Å²) in [6.45, 7) is 6.77. The molecule has 0 amide bonds. The zero-order valence-electron chi connectivity index (χ0n) is 8.79. The van der Waals surface area contributed by atoms with Crippen LogP contribution in [0.25, 0.3) is 0 Å². The van der Waals surface area contributed by atoms with Crippen molar-refractivity contribution < 1.29 is 4.74 Å². The van der Waals surface area contributed by atoms with Crippen molar-refractivity contribution in [3.8, 4) is 0 Å². The number of ether oxygens (including phenoxy) is 1. The molecular formula is C10H17IN2O. The van der Waals surface area contributed by atoms with Crippen LogP contribution in [0.1, 0.15) is 32.4 Å². The molecule has 0 aliphatic heterocycles. The average Bonchev–Trinajstić information content (AvgIpc) is 2.50. The molecule has 0 fully saturated rings. The summed E-state index contributed by atoms with van der Waals surface area (Å²) in [6, 6.07) is 0. The molecule has 1 aromatic rings. The van der Waals surface area contributed by atoms with E-state index in [9.17, 15) is 0 Å². The maximum atomic E-state index is 5.53. The molecule has 0 bridgehead atoms. The van der Waals surface area contributed by atoms with Crippen LogP contribution in [-0.4, -0.2) is 16.4 Å². The Morgan fingerprint density at radius 1 is 1.43 bits per heavy atom. The van der Waals surface area contributed by atoms with Gasteiger partial charge in [-0.2, -0.15) is 5.10 Å². The standard InChI is InChI=1S/C10H17IN2O/c1-3-5-13-10(8-14-6-4-2)9(11)7-12-13/h7H,3-6,8H2,1-2H3. The number of hydrogen-bond acceptors (Lipinski definition) is 2. The highest BCUT2D eigenvalue weighted by atomic mass is 127. The summed E-state index contributed by atoms with van der Waals surface area (Å²) in [4.78, 5) is 0. The summed E-state index contributed by atoms with van der Waals surface area (Å²) < 4.78 is 8.77. The van der Waals surface area contributed by atoms with Crippen LogP contribution in [0.15, 0.2) is 6.20 Å². The lowest BCUT2D eigenvalue weighted by Crippen LogP contribution is -2.07. The highest BCUT2D eigenvalue weighted by Crippen LogP contribution is 2.13. The molecule has 3 nitrogen and oxygen atoms in total. The Kier molecular flexibility index (Phi) is 5.47. The van der Waals surface area contributed by atoms with Gasteiger partial charge in [-0.15, -0.1) is 0 Å². The lowest BCUT2D eigenvalue weighted by atomic mass is 10.4. The van der Waals surface area contributed by atoms with Crippen LogP contribution in [0.5, 0.6) is 0 Å². The minimum Gasteiger partial charge on any atom is -0.375 e. The van der Waals surface area contributed by atoms with Gasteiger partial charge in [0.1, 0.15) is 0 Å². The SMILES string of the molecule is CCCOCc1c(I)cnn1CCC. The van der Waals surface area contributed by atoms with E-state index in [1.165, 1.54) is 9.26 Å². The molecule has 0 unspecified atom stereocenters. The first-order chi connectivity index (χ1) is 6.79. The minimum atomic E-state index is 0.687. The van der Waals surface area contributed by atoms with E-state index in [1.54, 1.807) is 0 Å². The van der Waals surface area contributed by atoms with E-state index in [-0.39, 0.29) is 0 Å². The number of aromatic nitrogens is 2. The largest absolute Gasteiger partial charge is 0.375 e. The Hall–Kier alpha value is -0.100. The average molecular weight is 308 g/mol. The molecule has 0 radical (unpaired) electrons. The van der Waals surface area contributed by atoms with Crippen molar-refractivity contribution in [1.29, 1.82) is 0 Å². The number of hydrogen-bond donors (Lipinski definition) is 0. The lowest BCUT2D eigenvalue weighted by molar-refractivity contribution is 0.115. The Morgan fingerprint density at radius 2 is 2.21 bits per heavy atom. The van der Waals surface area contributed by atoms with Gasteiger partial charge in [-0.3, -0.25) is 4.68 Å². The maximum absolute atomic E-state index is 5.53. The van der Waals surface area contributed by atoms with E-state index in [1.807, 2.05) is 10.9 Å². The van der Waals surface area contributed by atoms with Crippen molar-refractivity contribution in [1.82, 2.24) is 9.78 Å². The van der Waals surface area contributed by atoms with Crippen LogP contribution < -0.4 is 0 Å². The van der Waals surface area contributed by atoms with Crippen LogP contribution in [0.2, 0.25) is 0 Å². The molecule has 0 saturated carbocycles. The molecule has 0 atom stereocenters. The van der Waals surface area contributed by atoms with Gasteiger partial charge in [0.15, 0.2) is 0 Å². The third kappa shape index (κ3) is 3.24. The van der Waals surface area contributed by atoms with Crippen LogP contribution in [0.3, 0.4) is 0 Å². The maximum Gasteiger partial charge on any atom is 0.0895 e. The number of nitrogens with zero attached hydrogens (tertiary/aromatic N) is 2. The van der Waals surface area contributed by atoms with Crippen molar-refractivity contribution in [3.63, 3.8) is 0 Å². The second kappa shape index (κ2) is 6.40. The van der Waals surface area contributed by atoms with E-state index in [4.69, 9.17) is 4.74 Å². The molecular weight excluding hydrogens is 291 g/mol. The van der Waals surface area contributed by atoms with E-state index < -0.39 is 0 Å². The topological polar surface area (TPSA) is 27.1 Å². The number of aryl methyl sites for hydroxylation is 1. The molecule has 0 spiro atoms. The van der Waals surface area contributed by atoms with Gasteiger partial charge in [0.25, 0.3) is 0 Å². The predicted octanol–water partition coefficient (Wildman–Crippen LogP) is 2.82. The predicted molar refractivity (Wildman–Crippen MR) is 65.2 cm³/mol. The summed E-state index contributed by atoms with van der Waals surface area (Å²) in [5.41, 5.74) is 1.21. The smallest absolute Gasteiger partial charge is 0.0895 e. The number of halogens is 1. The minimum absolute atomic E-state index is 0.687. The molecule has 80 valence electrons. The highest BCUT2D eigenvalue weighted by molar-refractivity contribution is 14.1. The van der Waals surface area contributed by atoms with Gasteiger partial charge in [0.05, 0.1) is 22.1 Å². The second-order valence-corrected chi connectivity index (χ2v) is 4.38. The summed E-state index contributed by atoms with van der Waals surface area (Å²) >= 11 is 2.31. The summed E-state index contributed by atoms with van der Waals surface area (Å²) in [5, 5.41) is 4.31. The molecule has 0 aliphatic carbocycles. The first-order valence-electron chi connectivity index (χ1n) is 5.07. The molecule has 1 heterocycles. The van der Waals surface area contributed by atoms with Crippen molar-refractivity contribution in [3.05, 3.63) is 15.5 Å². The van der Waals surface area contributed by atoms with E-state index >= 15 is 0 Å². The van der Waals surface area contributed by atoms with E-state index in [2.05, 4.69) is 41.5 Å². The van der Waals surface area contributed by atoms with Crippen molar-refractivity contribution >= 4 is 22.6 Å². The van der Waals surface area contributed by atoms with Crippen LogP contribution >= 0.6 is 22.6 Å². The van der Waals surface area contributed by atoms with E-state index in [0.717, 1.165) is 26.0 Å². The summed E-state index contributed by atoms with van der Waals surface area (Å²) in [7, 11) is 0. The first kappa shape index (κ1) is 12.0. The molecule has 1 aromatic heterocycles. The molecule has 0 N–H and O–H groups in total. The summed E-state index contributed by atoms with van der Waals surface area (Å²) in [5.74, 6) is 0. The summed E-state index contributed by atoms with van der Waals surface area (Å²) in [6.07, 6.45) is 4.08. The molecule has 14 heavy (non-hydrogen) atoms. The Morgan fingerprint density at radius 3 is 2.86 bits per heavy atom. The molecule has 1 rings (SSSR count). The molecule has 4 heteroatoms. The van der Waals surface area contributed by atoms with Crippen LogP contribution in [0.4, 0.5) is 0 Å². The van der Waals surface area contributed by atoms with Gasteiger partial charge in [0.2, 0.25) is 0 Å². The zero-order chi connectivity index (χ0) is 10.4. The van der Waals surface area contributed by atoms with E-state index in [0.29, 0.717) is 6.61 Å². The molecule has 0 aromatic carbocycles. The molecule has 0 aliphatic rings. The van der Waals surface area contributed by atoms with Gasteiger partial charge >= 0.3 is 0 Å². The second-order valence-electron chi connectivity index (χ2n) is 3.21. The van der Waals surface area contributed by atoms with Gasteiger partial charge in [-0.25, -0.2) is 0 Å². The quantitative estimate of drug-likeness (QED) is 0.597. The fourth-order valence-electron chi connectivity index (χ4n) is 1.25. The third-order valence-electron chi connectivity index (χ3n) is 1.92. The Bertz CT molecular complexity index is 273. The Labute approximate surface area is 99.0 Å². The van der Waals surface area contributed by atoms with Gasteiger partial charge < -0.3 is 4.74 Å². The first-order valence-corrected chi connectivity index (χ1v) is 6.15. The van der Waals surface area contributed by atoms with Crippen LogP contribution in [0, 0.1) is 3.57 Å². The van der Waals surface area contributed by atoms with Crippen molar-refractivity contribution in [2.75, 3.05) is 6.61 Å². The number of rotatable bonds is 6. The van der Waals surface area contributed by atoms with Gasteiger partial charge in [0, 0.05) is 13.2 Å². The third-order valence-corrected chi connectivity index (χ3v) is 2.82. The normalized spacial score (nSPS) is 10.8. The van der Waals surface area contributed by atoms with Crippen LogP contribution in [-0.2, 0) is 17.9 Å². The lowest BCUT2D eigenvalue weighted by Gasteiger charge is -2.07. The van der Waals surface area contributed by atoms with Crippen molar-refractivity contribution in [2.45, 2.75) is 39.8 Å². The fraction of sp³-hybridized carbons (Fsp3) is 0.700. The highest BCUT2D eigenvalue weighted by Gasteiger charge is 2.07. The zero-order valence-corrected chi connectivity index (χ0v) is 11.0. The van der Waals surface area contributed by atoms with Crippen molar-refractivity contribution in [2.24, 2.45) is 0 Å². The Balaban J connectivity index is 2.57.